The van der Waals surface area contributed by atoms with E-state index < -0.39 is 11.5 Å². The number of rotatable bonds is 3. The third-order valence-corrected chi connectivity index (χ3v) is 4.64. The van der Waals surface area contributed by atoms with E-state index in [1.54, 1.807) is 11.0 Å². The van der Waals surface area contributed by atoms with Crippen LogP contribution < -0.4 is 0 Å². The first-order valence-corrected chi connectivity index (χ1v) is 6.96. The SMILES string of the molecule is CN1CCN(Cc2ccc(C(=O)O)s2)C(C)(C)C1=O. The van der Waals surface area contributed by atoms with Crippen LogP contribution in [0.5, 0.6) is 0 Å². The van der Waals surface area contributed by atoms with Crippen molar-refractivity contribution >= 4 is 23.2 Å². The molecule has 1 aromatic heterocycles. The molecule has 1 saturated heterocycles. The second-order valence-electron chi connectivity index (χ2n) is 5.28. The highest BCUT2D eigenvalue weighted by Crippen LogP contribution is 2.26. The van der Waals surface area contributed by atoms with Gasteiger partial charge in [0.1, 0.15) is 4.88 Å². The number of carboxylic acid groups (broad SMARTS) is 1. The Morgan fingerprint density at radius 1 is 1.42 bits per heavy atom. The monoisotopic (exact) mass is 282 g/mol. The number of likely N-dealkylation sites (N-methyl/N-ethyl adjacent to an activating group) is 1. The summed E-state index contributed by atoms with van der Waals surface area (Å²) in [5.74, 6) is -0.793. The molecule has 1 N–H and O–H groups in total. The molecule has 2 heterocycles. The van der Waals surface area contributed by atoms with Crippen LogP contribution in [0.15, 0.2) is 12.1 Å². The van der Waals surface area contributed by atoms with Gasteiger partial charge in [0, 0.05) is 31.6 Å². The largest absolute Gasteiger partial charge is 0.477 e. The smallest absolute Gasteiger partial charge is 0.345 e. The van der Waals surface area contributed by atoms with Gasteiger partial charge in [0.05, 0.1) is 5.54 Å². The number of amides is 1. The predicted molar refractivity (Wildman–Crippen MR) is 73.4 cm³/mol. The third-order valence-electron chi connectivity index (χ3n) is 3.59. The average molecular weight is 282 g/mol. The van der Waals surface area contributed by atoms with Crippen molar-refractivity contribution in [1.29, 1.82) is 0 Å². The summed E-state index contributed by atoms with van der Waals surface area (Å²) in [5.41, 5.74) is -0.541. The molecule has 6 heteroatoms. The summed E-state index contributed by atoms with van der Waals surface area (Å²) < 4.78 is 0. The van der Waals surface area contributed by atoms with Crippen molar-refractivity contribution in [2.45, 2.75) is 25.9 Å². The van der Waals surface area contributed by atoms with E-state index in [1.807, 2.05) is 27.0 Å². The fraction of sp³-hybridized carbons (Fsp3) is 0.538. The topological polar surface area (TPSA) is 60.9 Å². The molecule has 0 atom stereocenters. The van der Waals surface area contributed by atoms with Gasteiger partial charge in [0.15, 0.2) is 0 Å². The Balaban J connectivity index is 2.13. The molecule has 0 spiro atoms. The van der Waals surface area contributed by atoms with Crippen molar-refractivity contribution in [3.8, 4) is 0 Å². The van der Waals surface area contributed by atoms with Crippen LogP contribution in [0.4, 0.5) is 0 Å². The van der Waals surface area contributed by atoms with E-state index in [0.29, 0.717) is 18.0 Å². The van der Waals surface area contributed by atoms with Crippen LogP contribution in [0.3, 0.4) is 0 Å². The fourth-order valence-electron chi connectivity index (χ4n) is 2.30. The first kappa shape index (κ1) is 14.0. The molecule has 0 unspecified atom stereocenters. The van der Waals surface area contributed by atoms with Crippen LogP contribution in [0.2, 0.25) is 0 Å². The summed E-state index contributed by atoms with van der Waals surface area (Å²) in [4.78, 5) is 28.2. The molecular formula is C13H18N2O3S. The van der Waals surface area contributed by atoms with Gasteiger partial charge in [0.25, 0.3) is 0 Å². The fourth-order valence-corrected chi connectivity index (χ4v) is 3.16. The van der Waals surface area contributed by atoms with Crippen molar-refractivity contribution in [2.24, 2.45) is 0 Å². The number of hydrogen-bond acceptors (Lipinski definition) is 4. The first-order valence-electron chi connectivity index (χ1n) is 6.15. The van der Waals surface area contributed by atoms with Crippen molar-refractivity contribution < 1.29 is 14.7 Å². The zero-order valence-corrected chi connectivity index (χ0v) is 12.2. The van der Waals surface area contributed by atoms with Gasteiger partial charge in [-0.1, -0.05) is 0 Å². The van der Waals surface area contributed by atoms with Crippen molar-refractivity contribution in [3.63, 3.8) is 0 Å². The third kappa shape index (κ3) is 2.64. The molecular weight excluding hydrogens is 264 g/mol. The maximum absolute atomic E-state index is 12.2. The quantitative estimate of drug-likeness (QED) is 0.912. The Kier molecular flexibility index (Phi) is 3.64. The minimum atomic E-state index is -0.898. The lowest BCUT2D eigenvalue weighted by Crippen LogP contribution is -2.61. The number of carbonyl (C=O) groups is 2. The molecule has 1 aromatic rings. The van der Waals surface area contributed by atoms with Crippen LogP contribution in [0.25, 0.3) is 0 Å². The van der Waals surface area contributed by atoms with Gasteiger partial charge in [-0.3, -0.25) is 9.69 Å². The molecule has 0 aromatic carbocycles. The molecule has 5 nitrogen and oxygen atoms in total. The Morgan fingerprint density at radius 2 is 2.11 bits per heavy atom. The van der Waals surface area contributed by atoms with E-state index in [1.165, 1.54) is 11.3 Å². The Labute approximate surface area is 116 Å². The number of carboxylic acids is 1. The lowest BCUT2D eigenvalue weighted by atomic mass is 9.98. The summed E-state index contributed by atoms with van der Waals surface area (Å²) in [6.45, 7) is 5.95. The van der Waals surface area contributed by atoms with Gasteiger partial charge in [-0.15, -0.1) is 11.3 Å². The Morgan fingerprint density at radius 3 is 2.68 bits per heavy atom. The van der Waals surface area contributed by atoms with E-state index >= 15 is 0 Å². The van der Waals surface area contributed by atoms with E-state index in [2.05, 4.69) is 4.90 Å². The van der Waals surface area contributed by atoms with Gasteiger partial charge < -0.3 is 10.0 Å². The molecule has 0 bridgehead atoms. The molecule has 2 rings (SSSR count). The van der Waals surface area contributed by atoms with E-state index in [0.717, 1.165) is 11.4 Å². The summed E-state index contributed by atoms with van der Waals surface area (Å²) in [7, 11) is 1.81. The second-order valence-corrected chi connectivity index (χ2v) is 6.45. The van der Waals surface area contributed by atoms with Crippen LogP contribution in [0, 0.1) is 0 Å². The van der Waals surface area contributed by atoms with Crippen LogP contribution in [0.1, 0.15) is 28.4 Å². The standard InChI is InChI=1S/C13H18N2O3S/c1-13(2)12(18)14(3)6-7-15(13)8-9-4-5-10(19-9)11(16)17/h4-5H,6-8H2,1-3H3,(H,16,17). The molecule has 0 aliphatic carbocycles. The normalized spacial score (nSPS) is 19.7. The number of piperazine rings is 1. The predicted octanol–water partition coefficient (Wildman–Crippen LogP) is 1.50. The maximum atomic E-state index is 12.2. The molecule has 1 fully saturated rings. The molecule has 0 radical (unpaired) electrons. The van der Waals surface area contributed by atoms with Crippen LogP contribution >= 0.6 is 11.3 Å². The van der Waals surface area contributed by atoms with Crippen molar-refractivity contribution in [1.82, 2.24) is 9.80 Å². The minimum Gasteiger partial charge on any atom is -0.477 e. The lowest BCUT2D eigenvalue weighted by molar-refractivity contribution is -0.147. The number of nitrogens with zero attached hydrogens (tertiary/aromatic N) is 2. The van der Waals surface area contributed by atoms with E-state index in [4.69, 9.17) is 5.11 Å². The van der Waals surface area contributed by atoms with Gasteiger partial charge in [-0.25, -0.2) is 4.79 Å². The Bertz CT molecular complexity index is 510. The van der Waals surface area contributed by atoms with Gasteiger partial charge in [0.2, 0.25) is 5.91 Å². The zero-order valence-electron chi connectivity index (χ0n) is 11.3. The molecule has 104 valence electrons. The highest BCUT2D eigenvalue weighted by atomic mass is 32.1. The molecule has 19 heavy (non-hydrogen) atoms. The lowest BCUT2D eigenvalue weighted by Gasteiger charge is -2.44. The number of thiophene rings is 1. The van der Waals surface area contributed by atoms with E-state index in [9.17, 15) is 9.59 Å². The number of aromatic carboxylic acids is 1. The van der Waals surface area contributed by atoms with Crippen molar-refractivity contribution in [3.05, 3.63) is 21.9 Å². The molecule has 1 aliphatic rings. The van der Waals surface area contributed by atoms with Gasteiger partial charge >= 0.3 is 5.97 Å². The summed E-state index contributed by atoms with van der Waals surface area (Å²) >= 11 is 1.27. The first-order chi connectivity index (χ1) is 8.82. The van der Waals surface area contributed by atoms with Crippen LogP contribution in [-0.4, -0.2) is 52.5 Å². The van der Waals surface area contributed by atoms with Gasteiger partial charge in [-0.2, -0.15) is 0 Å². The second kappa shape index (κ2) is 4.94. The molecule has 0 saturated carbocycles. The van der Waals surface area contributed by atoms with Crippen molar-refractivity contribution in [2.75, 3.05) is 20.1 Å². The molecule has 1 amide bonds. The average Bonchev–Trinajstić information content (AvgIpc) is 2.79. The van der Waals surface area contributed by atoms with Crippen LogP contribution in [-0.2, 0) is 11.3 Å². The van der Waals surface area contributed by atoms with Gasteiger partial charge in [-0.05, 0) is 26.0 Å². The minimum absolute atomic E-state index is 0.105. The number of hydrogen-bond donors (Lipinski definition) is 1. The summed E-state index contributed by atoms with van der Waals surface area (Å²) in [6, 6.07) is 3.44. The summed E-state index contributed by atoms with van der Waals surface area (Å²) in [6.07, 6.45) is 0. The maximum Gasteiger partial charge on any atom is 0.345 e. The van der Waals surface area contributed by atoms with E-state index in [-0.39, 0.29) is 5.91 Å². The highest BCUT2D eigenvalue weighted by Gasteiger charge is 2.40. The highest BCUT2D eigenvalue weighted by molar-refractivity contribution is 7.13. The summed E-state index contributed by atoms with van der Waals surface area (Å²) in [5, 5.41) is 8.92. The Hall–Kier alpha value is -1.40. The molecule has 1 aliphatic heterocycles. The zero-order chi connectivity index (χ0) is 14.2. The number of carbonyl (C=O) groups excluding carboxylic acids is 1.